The monoisotopic (exact) mass is 355 g/mol. The number of hydrogen-bond donors (Lipinski definition) is 0. The zero-order valence-electron chi connectivity index (χ0n) is 11.3. The summed E-state index contributed by atoms with van der Waals surface area (Å²) in [4.78, 5) is 2.19. The number of nitrogens with zero attached hydrogens (tertiary/aromatic N) is 1. The minimum Gasteiger partial charge on any atom is -0.491 e. The second-order valence-corrected chi connectivity index (χ2v) is 4.87. The van der Waals surface area contributed by atoms with Crippen LogP contribution in [0.5, 0.6) is 11.5 Å². The molecule has 1 rings (SSSR count). The first-order valence-corrected chi connectivity index (χ1v) is 7.05. The fourth-order valence-corrected chi connectivity index (χ4v) is 2.09. The van der Waals surface area contributed by atoms with Crippen LogP contribution in [0, 0.1) is 0 Å². The standard InChI is InChI=1S/C13H17BrF3NO2/c1-3-18(4-2)7-8-19-12-6-5-10(9-11(12)14)20-13(15,16)17/h5-6,9H,3-4,7-8H2,1-2H3. The molecular weight excluding hydrogens is 339 g/mol. The first-order chi connectivity index (χ1) is 9.35. The summed E-state index contributed by atoms with van der Waals surface area (Å²) in [6.07, 6.45) is -4.69. The molecule has 7 heteroatoms. The molecule has 0 aromatic heterocycles. The Bertz CT molecular complexity index is 423. The van der Waals surface area contributed by atoms with Crippen LogP contribution in [0.4, 0.5) is 13.2 Å². The SMILES string of the molecule is CCN(CC)CCOc1ccc(OC(F)(F)F)cc1Br. The van der Waals surface area contributed by atoms with Gasteiger partial charge in [0.05, 0.1) is 4.47 Å². The summed E-state index contributed by atoms with van der Waals surface area (Å²) in [7, 11) is 0. The summed E-state index contributed by atoms with van der Waals surface area (Å²) in [6, 6.07) is 3.92. The van der Waals surface area contributed by atoms with Crippen LogP contribution < -0.4 is 9.47 Å². The smallest absolute Gasteiger partial charge is 0.491 e. The lowest BCUT2D eigenvalue weighted by Gasteiger charge is -2.18. The van der Waals surface area contributed by atoms with Gasteiger partial charge < -0.3 is 14.4 Å². The Balaban J connectivity index is 2.56. The van der Waals surface area contributed by atoms with E-state index >= 15 is 0 Å². The first-order valence-electron chi connectivity index (χ1n) is 6.26. The molecule has 0 unspecified atom stereocenters. The van der Waals surface area contributed by atoms with Crippen LogP contribution in [0.15, 0.2) is 22.7 Å². The maximum atomic E-state index is 12.1. The highest BCUT2D eigenvalue weighted by Crippen LogP contribution is 2.31. The lowest BCUT2D eigenvalue weighted by Crippen LogP contribution is -2.27. The van der Waals surface area contributed by atoms with Crippen LogP contribution in [0.3, 0.4) is 0 Å². The third-order valence-corrected chi connectivity index (χ3v) is 3.32. The van der Waals surface area contributed by atoms with E-state index in [1.807, 2.05) is 0 Å². The van der Waals surface area contributed by atoms with Crippen LogP contribution in [-0.2, 0) is 0 Å². The average Bonchev–Trinajstić information content (AvgIpc) is 2.35. The van der Waals surface area contributed by atoms with Gasteiger partial charge in [-0.25, -0.2) is 0 Å². The van der Waals surface area contributed by atoms with E-state index in [9.17, 15) is 13.2 Å². The number of benzene rings is 1. The Kier molecular flexibility index (Phi) is 6.61. The Morgan fingerprint density at radius 3 is 2.35 bits per heavy atom. The molecule has 0 saturated carbocycles. The van der Waals surface area contributed by atoms with Crippen molar-refractivity contribution in [1.82, 2.24) is 4.90 Å². The van der Waals surface area contributed by atoms with E-state index in [2.05, 4.69) is 39.4 Å². The summed E-state index contributed by atoms with van der Waals surface area (Å²) in [5.74, 6) is 0.215. The second kappa shape index (κ2) is 7.73. The number of rotatable bonds is 7. The van der Waals surface area contributed by atoms with Crippen molar-refractivity contribution in [2.45, 2.75) is 20.2 Å². The van der Waals surface area contributed by atoms with E-state index in [0.717, 1.165) is 19.6 Å². The van der Waals surface area contributed by atoms with Gasteiger partial charge >= 0.3 is 6.36 Å². The molecule has 0 spiro atoms. The molecule has 0 radical (unpaired) electrons. The molecule has 3 nitrogen and oxygen atoms in total. The van der Waals surface area contributed by atoms with Crippen molar-refractivity contribution in [3.63, 3.8) is 0 Å². The minimum atomic E-state index is -4.69. The number of likely N-dealkylation sites (N-methyl/N-ethyl adjacent to an activating group) is 1. The predicted octanol–water partition coefficient (Wildman–Crippen LogP) is 4.07. The maximum Gasteiger partial charge on any atom is 0.573 e. The normalized spacial score (nSPS) is 11.8. The van der Waals surface area contributed by atoms with Gasteiger partial charge in [0, 0.05) is 6.54 Å². The molecule has 114 valence electrons. The second-order valence-electron chi connectivity index (χ2n) is 4.02. The van der Waals surface area contributed by atoms with Crippen molar-refractivity contribution >= 4 is 15.9 Å². The average molecular weight is 356 g/mol. The van der Waals surface area contributed by atoms with E-state index in [4.69, 9.17) is 4.74 Å². The molecule has 0 aliphatic heterocycles. The molecular formula is C13H17BrF3NO2. The van der Waals surface area contributed by atoms with Crippen LogP contribution >= 0.6 is 15.9 Å². The number of alkyl halides is 3. The molecule has 1 aromatic rings. The molecule has 20 heavy (non-hydrogen) atoms. The quantitative estimate of drug-likeness (QED) is 0.735. The summed E-state index contributed by atoms with van der Waals surface area (Å²) >= 11 is 3.17. The summed E-state index contributed by atoms with van der Waals surface area (Å²) in [5.41, 5.74) is 0. The van der Waals surface area contributed by atoms with Gasteiger partial charge in [0.1, 0.15) is 18.1 Å². The van der Waals surface area contributed by atoms with Gasteiger partial charge in [0.2, 0.25) is 0 Å². The van der Waals surface area contributed by atoms with Crippen molar-refractivity contribution in [3.05, 3.63) is 22.7 Å². The largest absolute Gasteiger partial charge is 0.573 e. The third-order valence-electron chi connectivity index (χ3n) is 2.70. The molecule has 0 aliphatic rings. The lowest BCUT2D eigenvalue weighted by atomic mass is 10.3. The van der Waals surface area contributed by atoms with Crippen molar-refractivity contribution in [3.8, 4) is 11.5 Å². The Hall–Kier alpha value is -0.950. The van der Waals surface area contributed by atoms with Gasteiger partial charge in [-0.15, -0.1) is 13.2 Å². The number of ether oxygens (including phenoxy) is 2. The molecule has 0 amide bonds. The molecule has 0 heterocycles. The first kappa shape index (κ1) is 17.1. The van der Waals surface area contributed by atoms with Crippen LogP contribution in [0.25, 0.3) is 0 Å². The van der Waals surface area contributed by atoms with Crippen molar-refractivity contribution in [2.75, 3.05) is 26.2 Å². The highest BCUT2D eigenvalue weighted by Gasteiger charge is 2.31. The number of hydrogen-bond acceptors (Lipinski definition) is 3. The van der Waals surface area contributed by atoms with E-state index < -0.39 is 6.36 Å². The van der Waals surface area contributed by atoms with Gasteiger partial charge in [-0.3, -0.25) is 0 Å². The molecule has 0 bridgehead atoms. The van der Waals surface area contributed by atoms with Crippen molar-refractivity contribution < 1.29 is 22.6 Å². The zero-order chi connectivity index (χ0) is 15.2. The summed E-state index contributed by atoms with van der Waals surface area (Å²) in [6.45, 7) is 7.21. The molecule has 1 aromatic carbocycles. The molecule has 0 saturated heterocycles. The van der Waals surface area contributed by atoms with Crippen LogP contribution in [0.2, 0.25) is 0 Å². The van der Waals surface area contributed by atoms with Crippen LogP contribution in [-0.4, -0.2) is 37.5 Å². The number of halogens is 4. The van der Waals surface area contributed by atoms with E-state index in [1.54, 1.807) is 0 Å². The molecule has 0 atom stereocenters. The Labute approximate surface area is 124 Å². The van der Waals surface area contributed by atoms with Gasteiger partial charge in [-0.1, -0.05) is 13.8 Å². The van der Waals surface area contributed by atoms with E-state index in [1.165, 1.54) is 18.2 Å². The Morgan fingerprint density at radius 2 is 1.85 bits per heavy atom. The van der Waals surface area contributed by atoms with Gasteiger partial charge in [-0.05, 0) is 47.2 Å². The van der Waals surface area contributed by atoms with Gasteiger partial charge in [0.25, 0.3) is 0 Å². The van der Waals surface area contributed by atoms with Gasteiger partial charge in [0.15, 0.2) is 0 Å². The Morgan fingerprint density at radius 1 is 1.20 bits per heavy atom. The fourth-order valence-electron chi connectivity index (χ4n) is 1.62. The van der Waals surface area contributed by atoms with E-state index in [0.29, 0.717) is 16.8 Å². The highest BCUT2D eigenvalue weighted by molar-refractivity contribution is 9.10. The summed E-state index contributed by atoms with van der Waals surface area (Å²) in [5, 5.41) is 0. The van der Waals surface area contributed by atoms with Crippen molar-refractivity contribution in [1.29, 1.82) is 0 Å². The zero-order valence-corrected chi connectivity index (χ0v) is 12.9. The summed E-state index contributed by atoms with van der Waals surface area (Å²) < 4.78 is 46.0. The van der Waals surface area contributed by atoms with Crippen LogP contribution in [0.1, 0.15) is 13.8 Å². The maximum absolute atomic E-state index is 12.1. The van der Waals surface area contributed by atoms with Gasteiger partial charge in [-0.2, -0.15) is 0 Å². The highest BCUT2D eigenvalue weighted by atomic mass is 79.9. The topological polar surface area (TPSA) is 21.7 Å². The molecule has 0 N–H and O–H groups in total. The lowest BCUT2D eigenvalue weighted by molar-refractivity contribution is -0.274. The fraction of sp³-hybridized carbons (Fsp3) is 0.538. The van der Waals surface area contributed by atoms with E-state index in [-0.39, 0.29) is 5.75 Å². The molecule has 0 aliphatic carbocycles. The van der Waals surface area contributed by atoms with Crippen molar-refractivity contribution in [2.24, 2.45) is 0 Å². The molecule has 0 fully saturated rings. The minimum absolute atomic E-state index is 0.277. The third kappa shape index (κ3) is 6.00. The predicted molar refractivity (Wildman–Crippen MR) is 74.1 cm³/mol.